The molecule has 35 heavy (non-hydrogen) atoms. The van der Waals surface area contributed by atoms with E-state index in [1.165, 1.54) is 30.3 Å². The normalized spacial score (nSPS) is 13.3. The van der Waals surface area contributed by atoms with E-state index >= 15 is 0 Å². The minimum Gasteiger partial charge on any atom is -0.471 e. The Labute approximate surface area is 200 Å². The number of hydrogen-bond donors (Lipinski definition) is 1. The Morgan fingerprint density at radius 3 is 2.46 bits per heavy atom. The first-order chi connectivity index (χ1) is 16.9. The highest BCUT2D eigenvalue weighted by atomic mass is 19.3. The van der Waals surface area contributed by atoms with Crippen LogP contribution in [0, 0.1) is 12.7 Å². The quantitative estimate of drug-likeness (QED) is 0.350. The molecule has 3 heterocycles. The van der Waals surface area contributed by atoms with E-state index in [4.69, 9.17) is 10.5 Å². The highest BCUT2D eigenvalue weighted by Gasteiger charge is 2.25. The largest absolute Gasteiger partial charge is 0.471 e. The summed E-state index contributed by atoms with van der Waals surface area (Å²) in [6.45, 7) is 1.72. The summed E-state index contributed by atoms with van der Waals surface area (Å²) in [6, 6.07) is 14.3. The number of aromatic nitrogens is 4. The Bertz CT molecular complexity index is 1370. The molecule has 0 radical (unpaired) electrons. The summed E-state index contributed by atoms with van der Waals surface area (Å²) in [5.41, 5.74) is 9.35. The average molecular weight is 477 g/mol. The fraction of sp³-hybridized carbons (Fsp3) is 0.231. The van der Waals surface area contributed by atoms with Crippen molar-refractivity contribution in [3.63, 3.8) is 0 Å². The van der Waals surface area contributed by atoms with Crippen LogP contribution in [-0.4, -0.2) is 19.9 Å². The predicted molar refractivity (Wildman–Crippen MR) is 125 cm³/mol. The molecule has 0 amide bonds. The summed E-state index contributed by atoms with van der Waals surface area (Å²) < 4.78 is 46.8. The number of nitrogens with zero attached hydrogens (tertiary/aromatic N) is 4. The van der Waals surface area contributed by atoms with Gasteiger partial charge in [0.25, 0.3) is 6.43 Å². The molecule has 1 fully saturated rings. The van der Waals surface area contributed by atoms with E-state index in [0.717, 1.165) is 18.5 Å². The first-order valence-electron chi connectivity index (χ1n) is 11.2. The van der Waals surface area contributed by atoms with Gasteiger partial charge in [0, 0.05) is 22.9 Å². The number of alkyl halides is 2. The zero-order valence-electron chi connectivity index (χ0n) is 18.9. The molecule has 0 aliphatic heterocycles. The SMILES string of the molecule is Cc1cc(-c2c(OCc3cccc(C4CC4)n3)nc(N)nc2-c2ccc(F)cc2)cc(C(F)F)n1. The first kappa shape index (κ1) is 22.8. The summed E-state index contributed by atoms with van der Waals surface area (Å²) >= 11 is 0. The van der Waals surface area contributed by atoms with Crippen LogP contribution < -0.4 is 10.5 Å². The number of nitrogen functional groups attached to an aromatic ring is 1. The van der Waals surface area contributed by atoms with Crippen molar-refractivity contribution in [3.8, 4) is 28.3 Å². The van der Waals surface area contributed by atoms with Crippen molar-refractivity contribution in [3.05, 3.63) is 83.2 Å². The maximum Gasteiger partial charge on any atom is 0.280 e. The summed E-state index contributed by atoms with van der Waals surface area (Å²) in [5.74, 6) is 0.108. The number of nitrogens with two attached hydrogens (primary N) is 1. The molecule has 2 N–H and O–H groups in total. The Balaban J connectivity index is 1.62. The Morgan fingerprint density at radius 2 is 1.74 bits per heavy atom. The van der Waals surface area contributed by atoms with Crippen molar-refractivity contribution < 1.29 is 17.9 Å². The van der Waals surface area contributed by atoms with Gasteiger partial charge in [-0.05, 0) is 73.9 Å². The smallest absolute Gasteiger partial charge is 0.280 e. The second-order valence-corrected chi connectivity index (χ2v) is 8.46. The number of ether oxygens (including phenoxy) is 1. The first-order valence-corrected chi connectivity index (χ1v) is 11.2. The van der Waals surface area contributed by atoms with Crippen molar-refractivity contribution in [2.24, 2.45) is 0 Å². The molecule has 1 aliphatic carbocycles. The molecule has 1 aliphatic rings. The topological polar surface area (TPSA) is 86.8 Å². The summed E-state index contributed by atoms with van der Waals surface area (Å²) in [4.78, 5) is 17.2. The monoisotopic (exact) mass is 477 g/mol. The minimum absolute atomic E-state index is 0.0670. The maximum absolute atomic E-state index is 13.6. The van der Waals surface area contributed by atoms with E-state index in [1.807, 2.05) is 18.2 Å². The van der Waals surface area contributed by atoms with Crippen molar-refractivity contribution in [2.75, 3.05) is 5.73 Å². The molecule has 0 unspecified atom stereocenters. The van der Waals surface area contributed by atoms with Crippen molar-refractivity contribution >= 4 is 5.95 Å². The van der Waals surface area contributed by atoms with Crippen LogP contribution in [0.25, 0.3) is 22.4 Å². The summed E-state index contributed by atoms with van der Waals surface area (Å²) in [7, 11) is 0. The zero-order valence-corrected chi connectivity index (χ0v) is 18.9. The second kappa shape index (κ2) is 9.32. The number of anilines is 1. The molecule has 6 nitrogen and oxygen atoms in total. The number of benzene rings is 1. The van der Waals surface area contributed by atoms with Crippen LogP contribution in [0.3, 0.4) is 0 Å². The van der Waals surface area contributed by atoms with Crippen LogP contribution in [-0.2, 0) is 6.61 Å². The number of rotatable bonds is 7. The lowest BCUT2D eigenvalue weighted by molar-refractivity contribution is 0.146. The van der Waals surface area contributed by atoms with Gasteiger partial charge >= 0.3 is 0 Å². The lowest BCUT2D eigenvalue weighted by Crippen LogP contribution is -2.07. The highest BCUT2D eigenvalue weighted by Crippen LogP contribution is 2.40. The molecule has 0 atom stereocenters. The van der Waals surface area contributed by atoms with Crippen LogP contribution in [0.4, 0.5) is 19.1 Å². The summed E-state index contributed by atoms with van der Waals surface area (Å²) in [6.07, 6.45) is -0.520. The van der Waals surface area contributed by atoms with E-state index in [-0.39, 0.29) is 24.1 Å². The molecule has 3 aromatic heterocycles. The van der Waals surface area contributed by atoms with E-state index < -0.39 is 12.2 Å². The van der Waals surface area contributed by atoms with Crippen molar-refractivity contribution in [1.29, 1.82) is 0 Å². The van der Waals surface area contributed by atoms with E-state index in [0.29, 0.717) is 39.7 Å². The summed E-state index contributed by atoms with van der Waals surface area (Å²) in [5, 5.41) is 0. The fourth-order valence-electron chi connectivity index (χ4n) is 3.92. The van der Waals surface area contributed by atoms with Crippen LogP contribution in [0.1, 0.15) is 48.0 Å². The van der Waals surface area contributed by atoms with Crippen molar-refractivity contribution in [1.82, 2.24) is 19.9 Å². The third-order valence-corrected chi connectivity index (χ3v) is 5.68. The van der Waals surface area contributed by atoms with E-state index in [1.54, 1.807) is 13.0 Å². The van der Waals surface area contributed by atoms with Crippen molar-refractivity contribution in [2.45, 2.75) is 38.7 Å². The van der Waals surface area contributed by atoms with Crippen LogP contribution in [0.15, 0.2) is 54.6 Å². The van der Waals surface area contributed by atoms with Gasteiger partial charge in [-0.3, -0.25) is 9.97 Å². The predicted octanol–water partition coefficient (Wildman–Crippen LogP) is 6.02. The van der Waals surface area contributed by atoms with Gasteiger partial charge in [-0.25, -0.2) is 18.2 Å². The standard InChI is InChI=1S/C26H22F3N5O/c1-14-11-17(12-21(31-14)24(28)29)22-23(16-7-9-18(27)10-8-16)33-26(30)34-25(22)35-13-19-3-2-4-20(32-19)15-5-6-15/h2-4,7-12,15,24H,5-6,13H2,1H3,(H2,30,33,34). The van der Waals surface area contributed by atoms with Gasteiger partial charge < -0.3 is 10.5 Å². The van der Waals surface area contributed by atoms with Gasteiger partial charge in [-0.1, -0.05) is 6.07 Å². The van der Waals surface area contributed by atoms with Gasteiger partial charge in [-0.2, -0.15) is 4.98 Å². The number of hydrogen-bond acceptors (Lipinski definition) is 6. The highest BCUT2D eigenvalue weighted by molar-refractivity contribution is 5.85. The third-order valence-electron chi connectivity index (χ3n) is 5.68. The third kappa shape index (κ3) is 5.08. The molecule has 0 spiro atoms. The van der Waals surface area contributed by atoms with E-state index in [2.05, 4.69) is 19.9 Å². The van der Waals surface area contributed by atoms with Crippen LogP contribution in [0.2, 0.25) is 0 Å². The number of aryl methyl sites for hydroxylation is 1. The molecule has 9 heteroatoms. The lowest BCUT2D eigenvalue weighted by Gasteiger charge is -2.16. The number of halogens is 3. The Hall–Kier alpha value is -4.01. The molecule has 0 saturated heterocycles. The molecular formula is C26H22F3N5O. The molecule has 4 aromatic rings. The van der Waals surface area contributed by atoms with Gasteiger partial charge in [0.15, 0.2) is 0 Å². The molecule has 1 saturated carbocycles. The average Bonchev–Trinajstić information content (AvgIpc) is 3.68. The Kier molecular flexibility index (Phi) is 6.07. The second-order valence-electron chi connectivity index (χ2n) is 8.46. The molecular weight excluding hydrogens is 455 g/mol. The van der Waals surface area contributed by atoms with Crippen LogP contribution >= 0.6 is 0 Å². The van der Waals surface area contributed by atoms with Crippen LogP contribution in [0.5, 0.6) is 5.88 Å². The van der Waals surface area contributed by atoms with Gasteiger partial charge in [0.05, 0.1) is 17.0 Å². The lowest BCUT2D eigenvalue weighted by atomic mass is 9.99. The van der Waals surface area contributed by atoms with Gasteiger partial charge in [0.1, 0.15) is 18.1 Å². The van der Waals surface area contributed by atoms with Gasteiger partial charge in [-0.15, -0.1) is 0 Å². The molecule has 5 rings (SSSR count). The molecule has 0 bridgehead atoms. The molecule has 1 aromatic carbocycles. The maximum atomic E-state index is 13.6. The minimum atomic E-state index is -2.77. The Morgan fingerprint density at radius 1 is 0.971 bits per heavy atom. The molecule has 178 valence electrons. The zero-order chi connectivity index (χ0) is 24.5. The fourth-order valence-corrected chi connectivity index (χ4v) is 3.92. The number of pyridine rings is 2. The van der Waals surface area contributed by atoms with E-state index in [9.17, 15) is 13.2 Å². The van der Waals surface area contributed by atoms with Gasteiger partial charge in [0.2, 0.25) is 11.8 Å².